The normalized spacial score (nSPS) is 20.5. The third kappa shape index (κ3) is 2.62. The lowest BCUT2D eigenvalue weighted by atomic mass is 9.83. The van der Waals surface area contributed by atoms with E-state index < -0.39 is 10.0 Å². The number of hydrogen-bond acceptors (Lipinski definition) is 4. The molecule has 18 heavy (non-hydrogen) atoms. The number of sulfonamides is 1. The van der Waals surface area contributed by atoms with Crippen LogP contribution in [0.25, 0.3) is 0 Å². The van der Waals surface area contributed by atoms with Crippen LogP contribution in [0.3, 0.4) is 0 Å². The second kappa shape index (κ2) is 4.93. The molecule has 0 saturated carbocycles. The van der Waals surface area contributed by atoms with E-state index in [9.17, 15) is 8.42 Å². The lowest BCUT2D eigenvalue weighted by Gasteiger charge is -2.33. The Morgan fingerprint density at radius 2 is 2.06 bits per heavy atom. The number of hydrogen-bond donors (Lipinski definition) is 0. The molecular weight excluding hydrogens is 336 g/mol. The molecule has 0 radical (unpaired) electrons. The van der Waals surface area contributed by atoms with Crippen molar-refractivity contribution in [1.29, 1.82) is 5.26 Å². The summed E-state index contributed by atoms with van der Waals surface area (Å²) in [5.74, 6) is 0. The molecule has 98 valence electrons. The maximum atomic E-state index is 12.3. The first kappa shape index (κ1) is 14.0. The number of thiophene rings is 1. The molecule has 0 unspecified atom stereocenters. The van der Waals surface area contributed by atoms with E-state index >= 15 is 0 Å². The van der Waals surface area contributed by atoms with Crippen LogP contribution in [0.2, 0.25) is 0 Å². The van der Waals surface area contributed by atoms with Crippen LogP contribution in [0.4, 0.5) is 0 Å². The molecule has 4 nitrogen and oxygen atoms in total. The summed E-state index contributed by atoms with van der Waals surface area (Å²) in [6.07, 6.45) is 1.19. The summed E-state index contributed by atoms with van der Waals surface area (Å²) in [5.41, 5.74) is -0.387. The Morgan fingerprint density at radius 3 is 2.50 bits per heavy atom. The summed E-state index contributed by atoms with van der Waals surface area (Å²) in [4.78, 5) is 0. The Labute approximate surface area is 119 Å². The fourth-order valence-electron chi connectivity index (χ4n) is 1.90. The van der Waals surface area contributed by atoms with E-state index in [0.717, 1.165) is 3.79 Å². The standard InChI is InChI=1S/C11H13BrN2O2S2/c1-11(8-13)4-6-14(7-5-11)18(15,16)10-3-2-9(12)17-10/h2-3H,4-7H2,1H3. The quantitative estimate of drug-likeness (QED) is 0.825. The molecule has 1 aliphatic rings. The molecule has 0 amide bonds. The smallest absolute Gasteiger partial charge is 0.206 e. The minimum Gasteiger partial charge on any atom is -0.206 e. The van der Waals surface area contributed by atoms with Crippen LogP contribution in [0.5, 0.6) is 0 Å². The van der Waals surface area contributed by atoms with Crippen LogP contribution in [0.1, 0.15) is 19.8 Å². The average Bonchev–Trinajstić information content (AvgIpc) is 2.77. The van der Waals surface area contributed by atoms with Crippen molar-refractivity contribution in [2.75, 3.05) is 13.1 Å². The lowest BCUT2D eigenvalue weighted by Crippen LogP contribution is -2.41. The molecule has 1 aromatic rings. The number of piperidine rings is 1. The molecule has 2 heterocycles. The summed E-state index contributed by atoms with van der Waals surface area (Å²) in [6, 6.07) is 5.62. The Balaban J connectivity index is 2.17. The van der Waals surface area contributed by atoms with Crippen molar-refractivity contribution in [3.63, 3.8) is 0 Å². The van der Waals surface area contributed by atoms with E-state index in [0.29, 0.717) is 30.1 Å². The lowest BCUT2D eigenvalue weighted by molar-refractivity contribution is 0.232. The van der Waals surface area contributed by atoms with E-state index in [1.165, 1.54) is 15.6 Å². The van der Waals surface area contributed by atoms with Gasteiger partial charge >= 0.3 is 0 Å². The van der Waals surface area contributed by atoms with E-state index in [1.54, 1.807) is 12.1 Å². The van der Waals surface area contributed by atoms with Gasteiger partial charge in [0.25, 0.3) is 10.0 Å². The third-order valence-corrected chi connectivity index (χ3v) is 7.23. The summed E-state index contributed by atoms with van der Waals surface area (Å²) < 4.78 is 27.3. The molecule has 0 spiro atoms. The molecule has 0 aliphatic carbocycles. The van der Waals surface area contributed by atoms with Crippen molar-refractivity contribution in [3.8, 4) is 6.07 Å². The van der Waals surface area contributed by atoms with Crippen LogP contribution in [0, 0.1) is 16.7 Å². The molecule has 0 atom stereocenters. The van der Waals surface area contributed by atoms with Gasteiger partial charge in [-0.05, 0) is 47.8 Å². The van der Waals surface area contributed by atoms with Gasteiger partial charge in [-0.2, -0.15) is 9.57 Å². The Hall–Kier alpha value is -0.420. The highest BCUT2D eigenvalue weighted by Crippen LogP contribution is 2.34. The molecule has 7 heteroatoms. The Kier molecular flexibility index (Phi) is 3.83. The first-order valence-electron chi connectivity index (χ1n) is 5.54. The second-order valence-electron chi connectivity index (χ2n) is 4.64. The van der Waals surface area contributed by atoms with Crippen LogP contribution >= 0.6 is 27.3 Å². The van der Waals surface area contributed by atoms with E-state index in [1.807, 2.05) is 6.92 Å². The van der Waals surface area contributed by atoms with Gasteiger partial charge < -0.3 is 0 Å². The van der Waals surface area contributed by atoms with Gasteiger partial charge in [0.05, 0.1) is 15.3 Å². The van der Waals surface area contributed by atoms with E-state index in [2.05, 4.69) is 22.0 Å². The van der Waals surface area contributed by atoms with E-state index in [4.69, 9.17) is 5.26 Å². The fourth-order valence-corrected chi connectivity index (χ4v) is 5.50. The highest BCUT2D eigenvalue weighted by atomic mass is 79.9. The SMILES string of the molecule is CC1(C#N)CCN(S(=O)(=O)c2ccc(Br)s2)CC1. The maximum absolute atomic E-state index is 12.3. The van der Waals surface area contributed by atoms with Gasteiger partial charge in [0.2, 0.25) is 0 Å². The number of nitriles is 1. The summed E-state index contributed by atoms with van der Waals surface area (Å²) >= 11 is 4.49. The topological polar surface area (TPSA) is 61.2 Å². The van der Waals surface area contributed by atoms with Gasteiger partial charge in [-0.3, -0.25) is 0 Å². The van der Waals surface area contributed by atoms with Crippen molar-refractivity contribution < 1.29 is 8.42 Å². The zero-order valence-corrected chi connectivity index (χ0v) is 13.1. The molecule has 2 rings (SSSR count). The molecular formula is C11H13BrN2O2S2. The van der Waals surface area contributed by atoms with Crippen LogP contribution in [0.15, 0.2) is 20.1 Å². The predicted molar refractivity (Wildman–Crippen MR) is 73.7 cm³/mol. The van der Waals surface area contributed by atoms with E-state index in [-0.39, 0.29) is 5.41 Å². The van der Waals surface area contributed by atoms with Crippen LogP contribution in [-0.2, 0) is 10.0 Å². The van der Waals surface area contributed by atoms with Crippen molar-refractivity contribution in [2.45, 2.75) is 24.0 Å². The molecule has 0 N–H and O–H groups in total. The predicted octanol–water partition coefficient (Wildman–Crippen LogP) is 2.82. The molecule has 1 fully saturated rings. The number of nitrogens with zero attached hydrogens (tertiary/aromatic N) is 2. The number of halogens is 1. The monoisotopic (exact) mass is 348 g/mol. The summed E-state index contributed by atoms with van der Waals surface area (Å²) in [5, 5.41) is 9.04. The molecule has 1 aromatic heterocycles. The minimum atomic E-state index is -3.39. The zero-order valence-electron chi connectivity index (χ0n) is 9.89. The largest absolute Gasteiger partial charge is 0.252 e. The van der Waals surface area contributed by atoms with Gasteiger partial charge in [-0.25, -0.2) is 8.42 Å². The summed E-state index contributed by atoms with van der Waals surface area (Å²) in [6.45, 7) is 2.72. The minimum absolute atomic E-state index is 0.356. The molecule has 1 aliphatic heterocycles. The van der Waals surface area contributed by atoms with Gasteiger partial charge in [0.1, 0.15) is 4.21 Å². The van der Waals surface area contributed by atoms with Crippen molar-refractivity contribution >= 4 is 37.3 Å². The van der Waals surface area contributed by atoms with Crippen molar-refractivity contribution in [3.05, 3.63) is 15.9 Å². The van der Waals surface area contributed by atoms with Gasteiger partial charge in [-0.1, -0.05) is 0 Å². The van der Waals surface area contributed by atoms with Gasteiger partial charge in [0, 0.05) is 13.1 Å². The van der Waals surface area contributed by atoms with Gasteiger partial charge in [-0.15, -0.1) is 11.3 Å². The third-order valence-electron chi connectivity index (χ3n) is 3.24. The fraction of sp³-hybridized carbons (Fsp3) is 0.545. The zero-order chi connectivity index (χ0) is 13.4. The first-order chi connectivity index (χ1) is 8.37. The number of rotatable bonds is 2. The maximum Gasteiger partial charge on any atom is 0.252 e. The van der Waals surface area contributed by atoms with Crippen LogP contribution < -0.4 is 0 Å². The highest BCUT2D eigenvalue weighted by Gasteiger charge is 2.35. The van der Waals surface area contributed by atoms with Gasteiger partial charge in [0.15, 0.2) is 0 Å². The molecule has 0 aromatic carbocycles. The van der Waals surface area contributed by atoms with Crippen molar-refractivity contribution in [2.24, 2.45) is 5.41 Å². The first-order valence-corrected chi connectivity index (χ1v) is 8.59. The summed E-state index contributed by atoms with van der Waals surface area (Å²) in [7, 11) is -3.39. The Morgan fingerprint density at radius 1 is 1.44 bits per heavy atom. The molecule has 1 saturated heterocycles. The highest BCUT2D eigenvalue weighted by molar-refractivity contribution is 9.11. The average molecular weight is 349 g/mol. The van der Waals surface area contributed by atoms with Crippen molar-refractivity contribution in [1.82, 2.24) is 4.31 Å². The molecule has 0 bridgehead atoms. The second-order valence-corrected chi connectivity index (χ2v) is 9.26. The Bertz CT molecular complexity index is 580. The van der Waals surface area contributed by atoms with Crippen LogP contribution in [-0.4, -0.2) is 25.8 Å².